The normalized spacial score (nSPS) is 11.1. The Bertz CT molecular complexity index is 877. The van der Waals surface area contributed by atoms with E-state index < -0.39 is 11.7 Å². The molecule has 0 saturated carbocycles. The van der Waals surface area contributed by atoms with Gasteiger partial charge in [0, 0.05) is 10.4 Å². The molecule has 0 aliphatic heterocycles. The van der Waals surface area contributed by atoms with Gasteiger partial charge in [-0.2, -0.15) is 13.2 Å². The van der Waals surface area contributed by atoms with Gasteiger partial charge in [-0.15, -0.1) is 22.7 Å². The van der Waals surface area contributed by atoms with Gasteiger partial charge in [0.15, 0.2) is 0 Å². The molecular formula is C17H10F3NS2. The zero-order valence-electron chi connectivity index (χ0n) is 11.9. The smallest absolute Gasteiger partial charge is 0.243 e. The third kappa shape index (κ3) is 3.81. The molecule has 0 unspecified atom stereocenters. The third-order valence-corrected chi connectivity index (χ3v) is 4.89. The van der Waals surface area contributed by atoms with E-state index in [1.54, 1.807) is 17.5 Å². The molecule has 1 aromatic carbocycles. The molecule has 116 valence electrons. The predicted molar refractivity (Wildman–Crippen MR) is 87.6 cm³/mol. The molecule has 0 spiro atoms. The summed E-state index contributed by atoms with van der Waals surface area (Å²) in [7, 11) is 0. The van der Waals surface area contributed by atoms with Crippen LogP contribution in [0.2, 0.25) is 0 Å². The Morgan fingerprint density at radius 2 is 1.61 bits per heavy atom. The van der Waals surface area contributed by atoms with Gasteiger partial charge in [-0.05, 0) is 43.0 Å². The topological polar surface area (TPSA) is 12.9 Å². The van der Waals surface area contributed by atoms with Crippen LogP contribution in [0.15, 0.2) is 42.6 Å². The molecule has 3 rings (SSSR count). The molecular weight excluding hydrogens is 339 g/mol. The fourth-order valence-corrected chi connectivity index (χ4v) is 3.39. The van der Waals surface area contributed by atoms with E-state index in [2.05, 4.69) is 16.8 Å². The van der Waals surface area contributed by atoms with Crippen LogP contribution in [0.5, 0.6) is 0 Å². The average molecular weight is 349 g/mol. The Kier molecular flexibility index (Phi) is 4.24. The molecule has 0 atom stereocenters. The van der Waals surface area contributed by atoms with Gasteiger partial charge in [0.25, 0.3) is 0 Å². The summed E-state index contributed by atoms with van der Waals surface area (Å²) < 4.78 is 37.7. The second-order valence-electron chi connectivity index (χ2n) is 4.77. The number of aromatic nitrogens is 1. The predicted octanol–water partition coefficient (Wildman–Crippen LogP) is 5.60. The van der Waals surface area contributed by atoms with Crippen molar-refractivity contribution in [3.8, 4) is 22.4 Å². The summed E-state index contributed by atoms with van der Waals surface area (Å²) in [5.41, 5.74) is -0.00564. The highest BCUT2D eigenvalue weighted by Gasteiger charge is 2.30. The molecule has 2 aromatic heterocycles. The van der Waals surface area contributed by atoms with Gasteiger partial charge in [-0.3, -0.25) is 0 Å². The van der Waals surface area contributed by atoms with Gasteiger partial charge in [0.2, 0.25) is 0 Å². The summed E-state index contributed by atoms with van der Waals surface area (Å²) in [4.78, 5) is 7.19. The van der Waals surface area contributed by atoms with E-state index >= 15 is 0 Å². The Morgan fingerprint density at radius 1 is 0.913 bits per heavy atom. The van der Waals surface area contributed by atoms with Crippen LogP contribution in [-0.4, -0.2) is 4.98 Å². The molecule has 0 aliphatic carbocycles. The summed E-state index contributed by atoms with van der Waals surface area (Å²) in [6.45, 7) is 2.02. The molecule has 0 fully saturated rings. The fourth-order valence-electron chi connectivity index (χ4n) is 1.89. The van der Waals surface area contributed by atoms with Gasteiger partial charge in [-0.25, -0.2) is 4.98 Å². The maximum Gasteiger partial charge on any atom is 0.416 e. The van der Waals surface area contributed by atoms with Crippen LogP contribution < -0.4 is 0 Å². The minimum Gasteiger partial charge on any atom is -0.243 e. The first-order valence-corrected chi connectivity index (χ1v) is 8.27. The van der Waals surface area contributed by atoms with Crippen LogP contribution in [0, 0.1) is 18.8 Å². The van der Waals surface area contributed by atoms with Crippen LogP contribution in [0.4, 0.5) is 13.2 Å². The number of nitrogens with zero attached hydrogens (tertiary/aromatic N) is 1. The number of aryl methyl sites for hydroxylation is 1. The minimum atomic E-state index is -4.32. The van der Waals surface area contributed by atoms with E-state index in [4.69, 9.17) is 0 Å². The zero-order valence-corrected chi connectivity index (χ0v) is 13.6. The summed E-state index contributed by atoms with van der Waals surface area (Å²) in [6, 6.07) is 8.97. The summed E-state index contributed by atoms with van der Waals surface area (Å²) in [6.07, 6.45) is -2.68. The molecule has 0 bridgehead atoms. The number of halogens is 3. The van der Waals surface area contributed by atoms with E-state index in [1.807, 2.05) is 19.1 Å². The van der Waals surface area contributed by atoms with E-state index in [1.165, 1.54) is 28.3 Å². The highest BCUT2D eigenvalue weighted by Crippen LogP contribution is 2.32. The summed E-state index contributed by atoms with van der Waals surface area (Å²) in [5.74, 6) is 6.10. The highest BCUT2D eigenvalue weighted by atomic mass is 32.1. The fraction of sp³-hybridized carbons (Fsp3) is 0.118. The van der Waals surface area contributed by atoms with Crippen molar-refractivity contribution in [2.75, 3.05) is 0 Å². The Morgan fingerprint density at radius 3 is 2.22 bits per heavy atom. The zero-order chi connectivity index (χ0) is 16.4. The van der Waals surface area contributed by atoms with Crippen molar-refractivity contribution in [2.45, 2.75) is 13.1 Å². The lowest BCUT2D eigenvalue weighted by Crippen LogP contribution is -2.03. The number of hydrogen-bond acceptors (Lipinski definition) is 3. The quantitative estimate of drug-likeness (QED) is 0.521. The lowest BCUT2D eigenvalue weighted by atomic mass is 10.1. The van der Waals surface area contributed by atoms with Gasteiger partial charge in [-0.1, -0.05) is 12.1 Å². The molecule has 0 N–H and O–H groups in total. The number of thiophene rings is 1. The van der Waals surface area contributed by atoms with Crippen LogP contribution in [0.1, 0.15) is 20.2 Å². The first kappa shape index (κ1) is 15.8. The molecule has 3 aromatic rings. The Balaban J connectivity index is 1.81. The van der Waals surface area contributed by atoms with E-state index in [9.17, 15) is 13.2 Å². The van der Waals surface area contributed by atoms with Crippen molar-refractivity contribution in [3.05, 3.63) is 62.8 Å². The van der Waals surface area contributed by atoms with Gasteiger partial charge in [0.1, 0.15) is 5.01 Å². The van der Waals surface area contributed by atoms with Crippen LogP contribution in [-0.2, 0) is 6.18 Å². The molecule has 0 amide bonds. The van der Waals surface area contributed by atoms with Crippen LogP contribution in [0.3, 0.4) is 0 Å². The highest BCUT2D eigenvalue weighted by molar-refractivity contribution is 7.15. The van der Waals surface area contributed by atoms with Gasteiger partial charge in [0.05, 0.1) is 21.5 Å². The molecule has 0 saturated heterocycles. The monoisotopic (exact) mass is 349 g/mol. The Hall–Kier alpha value is -2.10. The SMILES string of the molecule is Cc1ccc(C#Cc2cnc(-c3ccc(C(F)(F)F)cc3)s2)s1. The van der Waals surface area contributed by atoms with E-state index in [0.29, 0.717) is 10.6 Å². The van der Waals surface area contributed by atoms with Crippen molar-refractivity contribution < 1.29 is 13.2 Å². The molecule has 2 heterocycles. The number of alkyl halides is 3. The molecule has 23 heavy (non-hydrogen) atoms. The number of rotatable bonds is 1. The van der Waals surface area contributed by atoms with E-state index in [0.717, 1.165) is 21.9 Å². The van der Waals surface area contributed by atoms with Crippen molar-refractivity contribution in [1.29, 1.82) is 0 Å². The second kappa shape index (κ2) is 6.19. The van der Waals surface area contributed by atoms with E-state index in [-0.39, 0.29) is 0 Å². The molecule has 0 aliphatic rings. The minimum absolute atomic E-state index is 0.656. The summed E-state index contributed by atoms with van der Waals surface area (Å²) in [5, 5.41) is 0.658. The second-order valence-corrected chi connectivity index (χ2v) is 7.08. The Labute approximate surface area is 139 Å². The average Bonchev–Trinajstić information content (AvgIpc) is 3.13. The number of thiazole rings is 1. The maximum atomic E-state index is 12.6. The number of benzene rings is 1. The van der Waals surface area contributed by atoms with Crippen molar-refractivity contribution >= 4 is 22.7 Å². The summed E-state index contributed by atoms with van der Waals surface area (Å²) >= 11 is 2.98. The first-order chi connectivity index (χ1) is 10.9. The standard InChI is InChI=1S/C17H10F3NS2/c1-11-2-7-14(22-11)8-9-15-10-21-16(23-15)12-3-5-13(6-4-12)17(18,19)20/h2-7,10H,1H3. The van der Waals surface area contributed by atoms with Gasteiger partial charge >= 0.3 is 6.18 Å². The lowest BCUT2D eigenvalue weighted by molar-refractivity contribution is -0.137. The number of hydrogen-bond donors (Lipinski definition) is 0. The van der Waals surface area contributed by atoms with Crippen molar-refractivity contribution in [1.82, 2.24) is 4.98 Å². The lowest BCUT2D eigenvalue weighted by Gasteiger charge is -2.06. The maximum absolute atomic E-state index is 12.6. The first-order valence-electron chi connectivity index (χ1n) is 6.64. The van der Waals surface area contributed by atoms with Crippen LogP contribution >= 0.6 is 22.7 Å². The molecule has 6 heteroatoms. The van der Waals surface area contributed by atoms with Crippen molar-refractivity contribution in [2.24, 2.45) is 0 Å². The van der Waals surface area contributed by atoms with Gasteiger partial charge < -0.3 is 0 Å². The van der Waals surface area contributed by atoms with Crippen LogP contribution in [0.25, 0.3) is 10.6 Å². The largest absolute Gasteiger partial charge is 0.416 e. The molecule has 0 radical (unpaired) electrons. The molecule has 1 nitrogen and oxygen atoms in total. The third-order valence-electron chi connectivity index (χ3n) is 3.01. The van der Waals surface area contributed by atoms with Crippen molar-refractivity contribution in [3.63, 3.8) is 0 Å².